The van der Waals surface area contributed by atoms with Gasteiger partial charge in [0, 0.05) is 21.5 Å². The number of hydrogen-bond donors (Lipinski definition) is 0. The highest BCUT2D eigenvalue weighted by molar-refractivity contribution is 6.23. The van der Waals surface area contributed by atoms with Crippen molar-refractivity contribution in [1.82, 2.24) is 4.40 Å². The highest BCUT2D eigenvalue weighted by Crippen LogP contribution is 2.41. The first-order valence-electron chi connectivity index (χ1n) is 17.3. The predicted molar refractivity (Wildman–Crippen MR) is 213 cm³/mol. The summed E-state index contributed by atoms with van der Waals surface area (Å²) < 4.78 is 2.44. The quantitative estimate of drug-likeness (QED) is 0.177. The molecule has 10 aromatic rings. The molecular weight excluding hydrogens is 603 g/mol. The minimum Gasteiger partial charge on any atom is -0.308 e. The van der Waals surface area contributed by atoms with E-state index in [0.29, 0.717) is 0 Å². The SMILES string of the molecule is Cc1cc(-c2cccc(-c3cccc(-c4ccc(-c5ccccc5)cc4)c3)c2)ccc1-c1ccc2c(c1)c1cccc3c4ccccc4n2c31. The Bertz CT molecular complexity index is 2850. The molecule has 0 unspecified atom stereocenters. The fourth-order valence-corrected chi connectivity index (χ4v) is 8.01. The molecule has 0 amide bonds. The third-order valence-electron chi connectivity index (χ3n) is 10.5. The maximum atomic E-state index is 2.44. The van der Waals surface area contributed by atoms with Crippen molar-refractivity contribution >= 4 is 38.1 Å². The summed E-state index contributed by atoms with van der Waals surface area (Å²) in [6.07, 6.45) is 0. The maximum absolute atomic E-state index is 2.44. The van der Waals surface area contributed by atoms with Gasteiger partial charge in [-0.15, -0.1) is 0 Å². The van der Waals surface area contributed by atoms with E-state index in [1.807, 2.05) is 0 Å². The van der Waals surface area contributed by atoms with Crippen molar-refractivity contribution < 1.29 is 0 Å². The molecule has 234 valence electrons. The van der Waals surface area contributed by atoms with Crippen LogP contribution in [-0.2, 0) is 0 Å². The van der Waals surface area contributed by atoms with E-state index in [1.165, 1.54) is 99.3 Å². The molecule has 2 heterocycles. The van der Waals surface area contributed by atoms with E-state index in [-0.39, 0.29) is 0 Å². The number of aromatic nitrogens is 1. The van der Waals surface area contributed by atoms with Gasteiger partial charge in [-0.3, -0.25) is 0 Å². The highest BCUT2D eigenvalue weighted by Gasteiger charge is 2.17. The Morgan fingerprint density at radius 2 is 0.760 bits per heavy atom. The van der Waals surface area contributed by atoms with Crippen LogP contribution in [0.4, 0.5) is 0 Å². The van der Waals surface area contributed by atoms with Crippen molar-refractivity contribution in [3.8, 4) is 55.6 Å². The standard InChI is InChI=1S/C49H33N/c1-32-28-40(24-26-42(32)41-25-27-48-46(31-41)45-18-9-17-44-43-16-5-6-19-47(43)50(48)49(44)45)39-15-8-14-38(30-39)37-13-7-12-36(29-37)35-22-20-34(21-23-35)33-10-3-2-4-11-33/h2-31H,1H3. The second-order valence-electron chi connectivity index (χ2n) is 13.4. The zero-order chi connectivity index (χ0) is 33.2. The third-order valence-corrected chi connectivity index (χ3v) is 10.5. The summed E-state index contributed by atoms with van der Waals surface area (Å²) in [7, 11) is 0. The number of hydrogen-bond acceptors (Lipinski definition) is 0. The minimum absolute atomic E-state index is 1.22. The molecule has 0 fully saturated rings. The summed E-state index contributed by atoms with van der Waals surface area (Å²) in [5.74, 6) is 0. The molecule has 0 N–H and O–H groups in total. The Kier molecular flexibility index (Phi) is 6.47. The van der Waals surface area contributed by atoms with Gasteiger partial charge >= 0.3 is 0 Å². The van der Waals surface area contributed by atoms with E-state index in [0.717, 1.165) is 0 Å². The Morgan fingerprint density at radius 1 is 0.300 bits per heavy atom. The van der Waals surface area contributed by atoms with Crippen LogP contribution in [0.15, 0.2) is 182 Å². The zero-order valence-corrected chi connectivity index (χ0v) is 27.8. The molecule has 0 aliphatic heterocycles. The fraction of sp³-hybridized carbons (Fsp3) is 0.0204. The van der Waals surface area contributed by atoms with Gasteiger partial charge in [0.15, 0.2) is 0 Å². The molecule has 50 heavy (non-hydrogen) atoms. The lowest BCUT2D eigenvalue weighted by atomic mass is 9.93. The van der Waals surface area contributed by atoms with E-state index in [2.05, 4.69) is 193 Å². The monoisotopic (exact) mass is 635 g/mol. The number of aryl methyl sites for hydroxylation is 1. The second-order valence-corrected chi connectivity index (χ2v) is 13.4. The summed E-state index contributed by atoms with van der Waals surface area (Å²) in [5.41, 5.74) is 17.5. The third kappa shape index (κ3) is 4.55. The number of benzene rings is 8. The van der Waals surface area contributed by atoms with Gasteiger partial charge in [-0.05, 0) is 98.5 Å². The molecule has 8 aromatic carbocycles. The molecule has 0 aliphatic carbocycles. The van der Waals surface area contributed by atoms with Crippen LogP contribution in [0.3, 0.4) is 0 Å². The minimum atomic E-state index is 1.22. The smallest absolute Gasteiger partial charge is 0.0620 e. The molecule has 1 nitrogen and oxygen atoms in total. The molecule has 10 rings (SSSR count). The lowest BCUT2D eigenvalue weighted by Gasteiger charge is -2.12. The second kappa shape index (κ2) is 11.3. The van der Waals surface area contributed by atoms with Gasteiger partial charge in [0.1, 0.15) is 0 Å². The van der Waals surface area contributed by atoms with Crippen molar-refractivity contribution in [3.63, 3.8) is 0 Å². The summed E-state index contributed by atoms with van der Waals surface area (Å²) in [4.78, 5) is 0. The van der Waals surface area contributed by atoms with Crippen molar-refractivity contribution in [2.75, 3.05) is 0 Å². The lowest BCUT2D eigenvalue weighted by molar-refractivity contribution is 1.37. The Hall–Kier alpha value is -6.44. The molecule has 0 saturated heterocycles. The number of rotatable bonds is 5. The summed E-state index contributed by atoms with van der Waals surface area (Å²) in [5, 5.41) is 5.26. The molecule has 0 bridgehead atoms. The van der Waals surface area contributed by atoms with Crippen LogP contribution >= 0.6 is 0 Å². The van der Waals surface area contributed by atoms with Crippen molar-refractivity contribution in [2.45, 2.75) is 6.92 Å². The van der Waals surface area contributed by atoms with Crippen LogP contribution in [0.5, 0.6) is 0 Å². The van der Waals surface area contributed by atoms with Gasteiger partial charge in [-0.1, -0.05) is 152 Å². The van der Waals surface area contributed by atoms with Crippen molar-refractivity contribution in [1.29, 1.82) is 0 Å². The van der Waals surface area contributed by atoms with Crippen LogP contribution in [0.1, 0.15) is 5.56 Å². The first kappa shape index (κ1) is 28.6. The molecular formula is C49H33N. The van der Waals surface area contributed by atoms with Crippen molar-refractivity contribution in [2.24, 2.45) is 0 Å². The Balaban J connectivity index is 0.972. The normalized spacial score (nSPS) is 11.7. The fourth-order valence-electron chi connectivity index (χ4n) is 8.01. The number of para-hydroxylation sites is 2. The van der Waals surface area contributed by atoms with Crippen LogP contribution in [0, 0.1) is 6.92 Å². The molecule has 0 aliphatic rings. The maximum Gasteiger partial charge on any atom is 0.0620 e. The number of fused-ring (bicyclic) bond motifs is 6. The van der Waals surface area contributed by atoms with Gasteiger partial charge in [0.05, 0.1) is 16.6 Å². The summed E-state index contributed by atoms with van der Waals surface area (Å²) in [6, 6.07) is 66.6. The van der Waals surface area contributed by atoms with Gasteiger partial charge in [-0.2, -0.15) is 0 Å². The van der Waals surface area contributed by atoms with Crippen molar-refractivity contribution in [3.05, 3.63) is 188 Å². The first-order valence-corrected chi connectivity index (χ1v) is 17.3. The topological polar surface area (TPSA) is 4.41 Å². The molecule has 1 heteroatoms. The largest absolute Gasteiger partial charge is 0.308 e. The average molecular weight is 636 g/mol. The van der Waals surface area contributed by atoms with Gasteiger partial charge in [0.2, 0.25) is 0 Å². The van der Waals surface area contributed by atoms with Crippen LogP contribution in [-0.4, -0.2) is 4.40 Å². The summed E-state index contributed by atoms with van der Waals surface area (Å²) >= 11 is 0. The average Bonchev–Trinajstić information content (AvgIpc) is 3.70. The van der Waals surface area contributed by atoms with E-state index in [9.17, 15) is 0 Å². The van der Waals surface area contributed by atoms with E-state index < -0.39 is 0 Å². The summed E-state index contributed by atoms with van der Waals surface area (Å²) in [6.45, 7) is 2.24. The Labute approximate surface area is 291 Å². The van der Waals surface area contributed by atoms with Gasteiger partial charge in [0.25, 0.3) is 0 Å². The van der Waals surface area contributed by atoms with Crippen LogP contribution in [0.2, 0.25) is 0 Å². The lowest BCUT2D eigenvalue weighted by Crippen LogP contribution is -1.88. The van der Waals surface area contributed by atoms with E-state index in [1.54, 1.807) is 0 Å². The highest BCUT2D eigenvalue weighted by atomic mass is 14.9. The molecule has 0 atom stereocenters. The Morgan fingerprint density at radius 3 is 1.46 bits per heavy atom. The molecule has 0 saturated carbocycles. The van der Waals surface area contributed by atoms with E-state index in [4.69, 9.17) is 0 Å². The zero-order valence-electron chi connectivity index (χ0n) is 27.8. The first-order chi connectivity index (χ1) is 24.7. The molecule has 0 spiro atoms. The molecule has 2 aromatic heterocycles. The van der Waals surface area contributed by atoms with Gasteiger partial charge in [-0.25, -0.2) is 0 Å². The van der Waals surface area contributed by atoms with E-state index >= 15 is 0 Å². The van der Waals surface area contributed by atoms with Crippen LogP contribution in [0.25, 0.3) is 93.7 Å². The number of nitrogens with zero attached hydrogens (tertiary/aromatic N) is 1. The van der Waals surface area contributed by atoms with Crippen LogP contribution < -0.4 is 0 Å². The molecule has 0 radical (unpaired) electrons. The van der Waals surface area contributed by atoms with Gasteiger partial charge < -0.3 is 4.40 Å². The predicted octanol–water partition coefficient (Wildman–Crippen LogP) is 13.5.